The van der Waals surface area contributed by atoms with Gasteiger partial charge in [-0.15, -0.1) is 0 Å². The van der Waals surface area contributed by atoms with Crippen LogP contribution in [0.4, 0.5) is 4.79 Å². The number of rotatable bonds is 2. The highest BCUT2D eigenvalue weighted by Crippen LogP contribution is 2.39. The molecule has 0 atom stereocenters. The molecule has 0 aromatic heterocycles. The molecule has 1 amide bonds. The highest BCUT2D eigenvalue weighted by atomic mass is 16.7. The molecule has 0 radical (unpaired) electrons. The van der Waals surface area contributed by atoms with E-state index in [2.05, 4.69) is 48.7 Å². The molecule has 126 valence electrons. The topological polar surface area (TPSA) is 58.8 Å². The molecule has 0 bridgehead atoms. The fourth-order valence-corrected chi connectivity index (χ4v) is 3.61. The van der Waals surface area contributed by atoms with Crippen LogP contribution >= 0.6 is 0 Å². The Morgan fingerprint density at radius 3 is 2.50 bits per heavy atom. The first-order chi connectivity index (χ1) is 11.5. The quantitative estimate of drug-likeness (QED) is 0.842. The van der Waals surface area contributed by atoms with E-state index in [-0.39, 0.29) is 0 Å². The zero-order valence-electron chi connectivity index (χ0n) is 14.6. The Labute approximate surface area is 142 Å². The Morgan fingerprint density at radius 1 is 1.25 bits per heavy atom. The molecule has 0 spiro atoms. The van der Waals surface area contributed by atoms with Gasteiger partial charge in [-0.1, -0.05) is 30.7 Å². The fraction of sp³-hybridized carbons (Fsp3) is 0.316. The second kappa shape index (κ2) is 6.17. The summed E-state index contributed by atoms with van der Waals surface area (Å²) in [4.78, 5) is 20.8. The number of nitrogens with two attached hydrogens (primary N) is 1. The van der Waals surface area contributed by atoms with Gasteiger partial charge in [0.15, 0.2) is 0 Å². The first-order valence-electron chi connectivity index (χ1n) is 8.15. The number of carbonyl (C=O) groups excluding carboxylic acids is 1. The van der Waals surface area contributed by atoms with Crippen molar-refractivity contribution in [1.29, 1.82) is 0 Å². The summed E-state index contributed by atoms with van der Waals surface area (Å²) in [6.45, 7) is 9.04. The van der Waals surface area contributed by atoms with Crippen LogP contribution < -0.4 is 5.90 Å². The van der Waals surface area contributed by atoms with Crippen molar-refractivity contribution in [2.75, 3.05) is 6.54 Å². The lowest BCUT2D eigenvalue weighted by Gasteiger charge is -2.36. The molecule has 0 saturated heterocycles. The Bertz CT molecular complexity index is 767. The molecule has 5 heteroatoms. The molecule has 1 aromatic carbocycles. The SMILES string of the molecule is CCC1=CN2CC=CC2=C(c2c(C)cc(C)cc2C)N1C(=O)ON. The number of hydrogen-bond acceptors (Lipinski definition) is 4. The molecule has 3 rings (SSSR count). The second-order valence-corrected chi connectivity index (χ2v) is 6.26. The van der Waals surface area contributed by atoms with Gasteiger partial charge in [0.05, 0.1) is 11.4 Å². The molecular weight excluding hydrogens is 302 g/mol. The molecule has 2 N–H and O–H groups in total. The van der Waals surface area contributed by atoms with Gasteiger partial charge in [-0.3, -0.25) is 0 Å². The van der Waals surface area contributed by atoms with Crippen molar-refractivity contribution in [3.63, 3.8) is 0 Å². The van der Waals surface area contributed by atoms with Crippen molar-refractivity contribution < 1.29 is 9.63 Å². The van der Waals surface area contributed by atoms with Crippen molar-refractivity contribution in [2.45, 2.75) is 34.1 Å². The van der Waals surface area contributed by atoms with Crippen LogP contribution in [0.15, 0.2) is 41.9 Å². The highest BCUT2D eigenvalue weighted by molar-refractivity contribution is 5.89. The third kappa shape index (κ3) is 2.51. The number of fused-ring (bicyclic) bond motifs is 1. The van der Waals surface area contributed by atoms with Crippen LogP contribution in [0, 0.1) is 20.8 Å². The van der Waals surface area contributed by atoms with Gasteiger partial charge < -0.3 is 9.74 Å². The molecule has 2 aliphatic rings. The van der Waals surface area contributed by atoms with Crippen LogP contribution in [-0.4, -0.2) is 22.4 Å². The Hall–Kier alpha value is -2.53. The number of carbonyl (C=O) groups is 1. The third-order valence-electron chi connectivity index (χ3n) is 4.51. The molecule has 0 unspecified atom stereocenters. The van der Waals surface area contributed by atoms with Crippen LogP contribution in [-0.2, 0) is 4.84 Å². The van der Waals surface area contributed by atoms with Gasteiger partial charge in [-0.05, 0) is 44.4 Å². The van der Waals surface area contributed by atoms with E-state index < -0.39 is 6.09 Å². The van der Waals surface area contributed by atoms with Gasteiger partial charge in [0.2, 0.25) is 0 Å². The van der Waals surface area contributed by atoms with Crippen LogP contribution in [0.3, 0.4) is 0 Å². The number of amides is 1. The van der Waals surface area contributed by atoms with Crippen LogP contribution in [0.25, 0.3) is 5.70 Å². The van der Waals surface area contributed by atoms with E-state index in [1.165, 1.54) is 5.56 Å². The van der Waals surface area contributed by atoms with E-state index in [9.17, 15) is 4.79 Å². The summed E-state index contributed by atoms with van der Waals surface area (Å²) in [6.07, 6.45) is 6.27. The number of allylic oxidation sites excluding steroid dienone is 2. The molecule has 24 heavy (non-hydrogen) atoms. The minimum atomic E-state index is -0.565. The smallest absolute Gasteiger partial charge is 0.356 e. The molecule has 0 saturated carbocycles. The van der Waals surface area contributed by atoms with E-state index in [0.29, 0.717) is 6.42 Å². The monoisotopic (exact) mass is 325 g/mol. The summed E-state index contributed by atoms with van der Waals surface area (Å²) in [7, 11) is 0. The average Bonchev–Trinajstić information content (AvgIpc) is 3.00. The molecule has 0 aliphatic carbocycles. The largest absolute Gasteiger partial charge is 0.437 e. The van der Waals surface area contributed by atoms with Crippen molar-refractivity contribution in [2.24, 2.45) is 5.90 Å². The van der Waals surface area contributed by atoms with Gasteiger partial charge in [-0.2, -0.15) is 5.90 Å². The predicted octanol–water partition coefficient (Wildman–Crippen LogP) is 3.73. The Kier molecular flexibility index (Phi) is 4.20. The summed E-state index contributed by atoms with van der Waals surface area (Å²) in [5, 5.41) is 0. The summed E-state index contributed by atoms with van der Waals surface area (Å²) >= 11 is 0. The number of aryl methyl sites for hydroxylation is 3. The van der Waals surface area contributed by atoms with Crippen molar-refractivity contribution in [1.82, 2.24) is 9.80 Å². The van der Waals surface area contributed by atoms with Crippen LogP contribution in [0.5, 0.6) is 0 Å². The van der Waals surface area contributed by atoms with Crippen molar-refractivity contribution in [3.05, 3.63) is 64.1 Å². The Morgan fingerprint density at radius 2 is 1.92 bits per heavy atom. The first-order valence-corrected chi connectivity index (χ1v) is 8.15. The lowest BCUT2D eigenvalue weighted by atomic mass is 9.94. The minimum absolute atomic E-state index is 0.565. The van der Waals surface area contributed by atoms with Crippen LogP contribution in [0.1, 0.15) is 35.6 Å². The maximum atomic E-state index is 12.5. The molecule has 2 heterocycles. The first kappa shape index (κ1) is 16.3. The van der Waals surface area contributed by atoms with Gasteiger partial charge in [0, 0.05) is 24.0 Å². The summed E-state index contributed by atoms with van der Waals surface area (Å²) in [5.74, 6) is 5.22. The maximum absolute atomic E-state index is 12.5. The third-order valence-corrected chi connectivity index (χ3v) is 4.51. The van der Waals surface area contributed by atoms with Gasteiger partial charge in [0.1, 0.15) is 0 Å². The summed E-state index contributed by atoms with van der Waals surface area (Å²) < 4.78 is 0. The molecule has 5 nitrogen and oxygen atoms in total. The molecule has 2 aliphatic heterocycles. The van der Waals surface area contributed by atoms with E-state index in [0.717, 1.165) is 40.3 Å². The van der Waals surface area contributed by atoms with Crippen molar-refractivity contribution in [3.8, 4) is 0 Å². The van der Waals surface area contributed by atoms with E-state index in [4.69, 9.17) is 5.90 Å². The Balaban J connectivity index is 2.28. The number of hydrogen-bond donors (Lipinski definition) is 1. The van der Waals surface area contributed by atoms with Gasteiger partial charge in [0.25, 0.3) is 0 Å². The highest BCUT2D eigenvalue weighted by Gasteiger charge is 2.34. The van der Waals surface area contributed by atoms with E-state index in [1.54, 1.807) is 4.90 Å². The summed E-state index contributed by atoms with van der Waals surface area (Å²) in [6, 6.07) is 4.27. The average molecular weight is 325 g/mol. The molecule has 1 aromatic rings. The number of benzene rings is 1. The number of nitrogens with zero attached hydrogens (tertiary/aromatic N) is 2. The van der Waals surface area contributed by atoms with Gasteiger partial charge >= 0.3 is 6.09 Å². The lowest BCUT2D eigenvalue weighted by Crippen LogP contribution is -2.37. The lowest BCUT2D eigenvalue weighted by molar-refractivity contribution is 0.126. The zero-order chi connectivity index (χ0) is 17.4. The molecule has 0 fully saturated rings. The predicted molar refractivity (Wildman–Crippen MR) is 94.3 cm³/mol. The zero-order valence-corrected chi connectivity index (χ0v) is 14.6. The van der Waals surface area contributed by atoms with Crippen molar-refractivity contribution >= 4 is 11.8 Å². The van der Waals surface area contributed by atoms with Crippen LogP contribution in [0.2, 0.25) is 0 Å². The summed E-state index contributed by atoms with van der Waals surface area (Å²) in [5.41, 5.74) is 7.21. The normalized spacial score (nSPS) is 16.5. The maximum Gasteiger partial charge on any atom is 0.437 e. The minimum Gasteiger partial charge on any atom is -0.356 e. The molecular formula is C19H23N3O2. The van der Waals surface area contributed by atoms with E-state index in [1.807, 2.05) is 19.2 Å². The van der Waals surface area contributed by atoms with Gasteiger partial charge in [-0.25, -0.2) is 9.69 Å². The second-order valence-electron chi connectivity index (χ2n) is 6.26. The standard InChI is InChI=1S/C19H23N3O2/c1-5-15-11-21-8-6-7-16(21)18(22(15)19(23)24-20)17-13(3)9-12(2)10-14(17)4/h6-7,9-11H,5,8,20H2,1-4H3. The van der Waals surface area contributed by atoms with E-state index >= 15 is 0 Å². The fourth-order valence-electron chi connectivity index (χ4n) is 3.61.